The van der Waals surface area contributed by atoms with Crippen LogP contribution in [-0.4, -0.2) is 43.1 Å². The third-order valence-corrected chi connectivity index (χ3v) is 2.65. The summed E-state index contributed by atoms with van der Waals surface area (Å²) < 4.78 is 0. The largest absolute Gasteiger partial charge is 0.394 e. The zero-order valence-electron chi connectivity index (χ0n) is 7.82. The summed E-state index contributed by atoms with van der Waals surface area (Å²) in [4.78, 5) is 2.20. The summed E-state index contributed by atoms with van der Waals surface area (Å²) >= 11 is 1.52. The van der Waals surface area contributed by atoms with Gasteiger partial charge in [0.1, 0.15) is 0 Å². The van der Waals surface area contributed by atoms with Crippen LogP contribution in [0.1, 0.15) is 0 Å². The van der Waals surface area contributed by atoms with Crippen LogP contribution in [0.3, 0.4) is 0 Å². The van der Waals surface area contributed by atoms with Crippen LogP contribution in [0.2, 0.25) is 0 Å². The number of aliphatic hydroxyl groups excluding tert-OH is 2. The molecule has 0 spiro atoms. The first-order valence-corrected chi connectivity index (χ1v) is 5.28. The Labute approximate surface area is 89.8 Å². The van der Waals surface area contributed by atoms with Crippen LogP contribution in [-0.2, 0) is 6.54 Å². The van der Waals surface area contributed by atoms with E-state index in [0.717, 1.165) is 4.88 Å². The Morgan fingerprint density at radius 3 is 3.07 bits per heavy atom. The van der Waals surface area contributed by atoms with Crippen molar-refractivity contribution >= 4 is 11.3 Å². The van der Waals surface area contributed by atoms with Crippen LogP contribution in [0, 0.1) is 0 Å². The Hall–Kier alpha value is -1.31. The van der Waals surface area contributed by atoms with Crippen molar-refractivity contribution in [3.63, 3.8) is 0 Å². The first-order valence-electron chi connectivity index (χ1n) is 4.40. The quantitative estimate of drug-likeness (QED) is 0.751. The van der Waals surface area contributed by atoms with Gasteiger partial charge in [-0.15, -0.1) is 21.5 Å². The molecule has 2 aromatic rings. The van der Waals surface area contributed by atoms with Crippen LogP contribution in [0.4, 0.5) is 0 Å². The molecule has 2 aromatic heterocycles. The Morgan fingerprint density at radius 1 is 1.53 bits per heavy atom. The van der Waals surface area contributed by atoms with E-state index in [-0.39, 0.29) is 13.2 Å². The van der Waals surface area contributed by atoms with E-state index in [1.807, 2.05) is 17.5 Å². The fraction of sp³-hybridized carbons (Fsp3) is 0.375. The first kappa shape index (κ1) is 10.2. The van der Waals surface area contributed by atoms with Gasteiger partial charge in [-0.05, 0) is 16.7 Å². The van der Waals surface area contributed by atoms with Crippen LogP contribution >= 0.6 is 11.3 Å². The number of hydrogen-bond donors (Lipinski definition) is 2. The lowest BCUT2D eigenvalue weighted by atomic mass is 10.4. The number of rotatable bonds is 4. The van der Waals surface area contributed by atoms with E-state index in [9.17, 15) is 5.11 Å². The molecule has 0 aliphatic carbocycles. The molecule has 2 N–H and O–H groups in total. The molecule has 0 saturated carbocycles. The summed E-state index contributed by atoms with van der Waals surface area (Å²) in [6.45, 7) is -0.162. The van der Waals surface area contributed by atoms with Gasteiger partial charge < -0.3 is 10.2 Å². The van der Waals surface area contributed by atoms with Crippen molar-refractivity contribution in [3.8, 4) is 10.7 Å². The number of aliphatic hydroxyl groups is 2. The Bertz CT molecular complexity index is 414. The Balaban J connectivity index is 2.11. The van der Waals surface area contributed by atoms with Crippen molar-refractivity contribution in [3.05, 3.63) is 17.5 Å². The lowest BCUT2D eigenvalue weighted by molar-refractivity contribution is 0.0742. The lowest BCUT2D eigenvalue weighted by Crippen LogP contribution is -2.21. The molecule has 15 heavy (non-hydrogen) atoms. The van der Waals surface area contributed by atoms with Gasteiger partial charge in [0.05, 0.1) is 24.1 Å². The predicted molar refractivity (Wildman–Crippen MR) is 54.2 cm³/mol. The summed E-state index contributed by atoms with van der Waals surface area (Å²) in [6, 6.07) is 3.80. The topological polar surface area (TPSA) is 84.1 Å². The van der Waals surface area contributed by atoms with Gasteiger partial charge in [0.2, 0.25) is 5.82 Å². The van der Waals surface area contributed by atoms with Gasteiger partial charge in [-0.1, -0.05) is 6.07 Å². The van der Waals surface area contributed by atoms with Gasteiger partial charge in [-0.2, -0.15) is 4.80 Å². The molecular weight excluding hydrogens is 216 g/mol. The third-order valence-electron chi connectivity index (χ3n) is 1.78. The van der Waals surface area contributed by atoms with Crippen molar-refractivity contribution in [2.75, 3.05) is 6.61 Å². The summed E-state index contributed by atoms with van der Waals surface area (Å²) in [6.07, 6.45) is -0.851. The van der Waals surface area contributed by atoms with Crippen LogP contribution in [0.15, 0.2) is 17.5 Å². The monoisotopic (exact) mass is 226 g/mol. The predicted octanol–water partition coefficient (Wildman–Crippen LogP) is -0.245. The van der Waals surface area contributed by atoms with Crippen LogP contribution < -0.4 is 0 Å². The van der Waals surface area contributed by atoms with Gasteiger partial charge >= 0.3 is 0 Å². The second-order valence-electron chi connectivity index (χ2n) is 2.98. The lowest BCUT2D eigenvalue weighted by Gasteiger charge is -2.03. The summed E-state index contributed by atoms with van der Waals surface area (Å²) in [5.41, 5.74) is 0. The highest BCUT2D eigenvalue weighted by molar-refractivity contribution is 7.13. The number of thiophene rings is 1. The van der Waals surface area contributed by atoms with Gasteiger partial charge in [-0.3, -0.25) is 0 Å². The normalized spacial score (nSPS) is 12.9. The van der Waals surface area contributed by atoms with Crippen molar-refractivity contribution in [1.29, 1.82) is 0 Å². The molecule has 0 aromatic carbocycles. The zero-order chi connectivity index (χ0) is 10.7. The molecule has 0 amide bonds. The molecule has 80 valence electrons. The molecule has 0 bridgehead atoms. The Morgan fingerprint density at radius 2 is 2.40 bits per heavy atom. The molecule has 0 unspecified atom stereocenters. The van der Waals surface area contributed by atoms with E-state index < -0.39 is 6.10 Å². The molecule has 0 radical (unpaired) electrons. The number of hydrogen-bond acceptors (Lipinski definition) is 6. The zero-order valence-corrected chi connectivity index (χ0v) is 8.63. The fourth-order valence-corrected chi connectivity index (χ4v) is 1.72. The molecule has 0 aliphatic heterocycles. The number of tetrazole rings is 1. The minimum atomic E-state index is -0.851. The summed E-state index contributed by atoms with van der Waals surface area (Å²) in [5.74, 6) is 0.537. The average molecular weight is 226 g/mol. The van der Waals surface area contributed by atoms with E-state index in [1.165, 1.54) is 16.1 Å². The molecule has 6 nitrogen and oxygen atoms in total. The standard InChI is InChI=1S/C8H10N4O2S/c13-5-6(14)4-12-10-8(9-11-12)7-2-1-3-15-7/h1-3,6,13-14H,4-5H2/t6-/m0/s1. The molecule has 1 atom stereocenters. The summed E-state index contributed by atoms with van der Waals surface area (Å²) in [7, 11) is 0. The van der Waals surface area contributed by atoms with Gasteiger partial charge in [-0.25, -0.2) is 0 Å². The van der Waals surface area contributed by atoms with E-state index in [1.54, 1.807) is 0 Å². The smallest absolute Gasteiger partial charge is 0.214 e. The SMILES string of the molecule is OC[C@@H](O)Cn1nnc(-c2cccs2)n1. The van der Waals surface area contributed by atoms with Gasteiger partial charge in [0, 0.05) is 0 Å². The molecule has 2 rings (SSSR count). The van der Waals surface area contributed by atoms with Gasteiger partial charge in [0.25, 0.3) is 0 Å². The van der Waals surface area contributed by atoms with E-state index in [4.69, 9.17) is 5.11 Å². The van der Waals surface area contributed by atoms with E-state index in [0.29, 0.717) is 5.82 Å². The van der Waals surface area contributed by atoms with Crippen molar-refractivity contribution in [2.24, 2.45) is 0 Å². The highest BCUT2D eigenvalue weighted by Gasteiger charge is 2.09. The molecule has 0 aliphatic rings. The van der Waals surface area contributed by atoms with Crippen LogP contribution in [0.25, 0.3) is 10.7 Å². The highest BCUT2D eigenvalue weighted by Crippen LogP contribution is 2.19. The minimum Gasteiger partial charge on any atom is -0.394 e. The maximum atomic E-state index is 9.18. The van der Waals surface area contributed by atoms with Crippen molar-refractivity contribution < 1.29 is 10.2 Å². The third kappa shape index (κ3) is 2.38. The van der Waals surface area contributed by atoms with Crippen molar-refractivity contribution in [2.45, 2.75) is 12.6 Å². The second-order valence-corrected chi connectivity index (χ2v) is 3.93. The number of nitrogens with zero attached hydrogens (tertiary/aromatic N) is 4. The maximum absolute atomic E-state index is 9.18. The second kappa shape index (κ2) is 4.47. The molecule has 7 heteroatoms. The van der Waals surface area contributed by atoms with E-state index in [2.05, 4.69) is 15.4 Å². The number of aromatic nitrogens is 4. The van der Waals surface area contributed by atoms with Crippen molar-refractivity contribution in [1.82, 2.24) is 20.2 Å². The minimum absolute atomic E-state index is 0.148. The molecule has 0 fully saturated rings. The Kier molecular flexibility index (Phi) is 3.05. The highest BCUT2D eigenvalue weighted by atomic mass is 32.1. The fourth-order valence-electron chi connectivity index (χ4n) is 1.07. The van der Waals surface area contributed by atoms with Gasteiger partial charge in [0.15, 0.2) is 0 Å². The molecular formula is C8H10N4O2S. The molecule has 2 heterocycles. The van der Waals surface area contributed by atoms with E-state index >= 15 is 0 Å². The maximum Gasteiger partial charge on any atom is 0.214 e. The molecule has 0 saturated heterocycles. The average Bonchev–Trinajstić information content (AvgIpc) is 2.85. The first-order chi connectivity index (χ1) is 7.29. The van der Waals surface area contributed by atoms with Crippen LogP contribution in [0.5, 0.6) is 0 Å². The summed E-state index contributed by atoms with van der Waals surface area (Å²) in [5, 5.41) is 31.4.